The number of carboxylic acid groups (broad SMARTS) is 1. The quantitative estimate of drug-likeness (QED) is 0.305. The zero-order valence-electron chi connectivity index (χ0n) is 19.9. The molecule has 3 aromatic carbocycles. The normalized spacial score (nSPS) is 13.4. The van der Waals surface area contributed by atoms with Crippen molar-refractivity contribution in [3.05, 3.63) is 94.0 Å². The van der Waals surface area contributed by atoms with Gasteiger partial charge in [0.1, 0.15) is 16.7 Å². The van der Waals surface area contributed by atoms with Gasteiger partial charge < -0.3 is 10.2 Å². The first-order chi connectivity index (χ1) is 18.0. The van der Waals surface area contributed by atoms with E-state index in [0.29, 0.717) is 17.5 Å². The number of hydrogen-bond acceptors (Lipinski definition) is 5. The number of carboxylic acids is 1. The molecule has 1 aromatic heterocycles. The fourth-order valence-corrected chi connectivity index (χ4v) is 4.20. The van der Waals surface area contributed by atoms with E-state index in [1.165, 1.54) is 24.3 Å². The van der Waals surface area contributed by atoms with Crippen molar-refractivity contribution in [3.8, 4) is 11.1 Å². The molecule has 0 amide bonds. The van der Waals surface area contributed by atoms with Crippen molar-refractivity contribution in [2.75, 3.05) is 0 Å². The Morgan fingerprint density at radius 2 is 1.58 bits per heavy atom. The van der Waals surface area contributed by atoms with Gasteiger partial charge in [-0.25, -0.2) is 9.07 Å². The summed E-state index contributed by atoms with van der Waals surface area (Å²) in [5.74, 6) is -3.20. The van der Waals surface area contributed by atoms with Crippen molar-refractivity contribution in [2.45, 2.75) is 38.1 Å². The molecule has 2 atom stereocenters. The van der Waals surface area contributed by atoms with E-state index in [1.54, 1.807) is 24.3 Å². The number of aliphatic carboxylic acids is 1. The third-order valence-corrected chi connectivity index (χ3v) is 6.36. The van der Waals surface area contributed by atoms with Gasteiger partial charge in [-0.1, -0.05) is 47.7 Å². The van der Waals surface area contributed by atoms with E-state index >= 15 is 0 Å². The predicted octanol–water partition coefficient (Wildman–Crippen LogP) is 4.70. The van der Waals surface area contributed by atoms with E-state index < -0.39 is 41.1 Å². The highest BCUT2D eigenvalue weighted by molar-refractivity contribution is 5.77. The smallest absolute Gasteiger partial charge is 0.416 e. The summed E-state index contributed by atoms with van der Waals surface area (Å²) in [6, 6.07) is 15.8. The maximum absolute atomic E-state index is 14.1. The average Bonchev–Trinajstić information content (AvgIpc) is 2.88. The van der Waals surface area contributed by atoms with Gasteiger partial charge in [-0.05, 0) is 60.2 Å². The SMILES string of the molecule is O=C(O)[C@@H](CCn1nnc2cccc(F)c2c1=O)[C@H](O)CCc1ccc(-c2ccc(C(F)(F)F)cc2)cc1. The van der Waals surface area contributed by atoms with Crippen LogP contribution in [0.25, 0.3) is 22.0 Å². The summed E-state index contributed by atoms with van der Waals surface area (Å²) in [4.78, 5) is 24.4. The van der Waals surface area contributed by atoms with Gasteiger partial charge in [0.2, 0.25) is 0 Å². The lowest BCUT2D eigenvalue weighted by atomic mass is 9.93. The lowest BCUT2D eigenvalue weighted by molar-refractivity contribution is -0.146. The molecule has 4 aromatic rings. The van der Waals surface area contributed by atoms with Gasteiger partial charge in [-0.15, -0.1) is 5.10 Å². The van der Waals surface area contributed by atoms with Crippen molar-refractivity contribution < 1.29 is 32.6 Å². The Morgan fingerprint density at radius 3 is 2.18 bits per heavy atom. The first-order valence-electron chi connectivity index (χ1n) is 11.7. The number of aryl methyl sites for hydroxylation is 2. The maximum Gasteiger partial charge on any atom is 0.416 e. The summed E-state index contributed by atoms with van der Waals surface area (Å²) < 4.78 is 53.2. The molecule has 0 fully saturated rings. The number of nitrogens with zero attached hydrogens (tertiary/aromatic N) is 3. The van der Waals surface area contributed by atoms with Crippen LogP contribution in [0.1, 0.15) is 24.0 Å². The molecule has 7 nitrogen and oxygen atoms in total. The summed E-state index contributed by atoms with van der Waals surface area (Å²) in [5, 5.41) is 27.5. The minimum absolute atomic E-state index is 0.0883. The number of aliphatic hydroxyl groups is 1. The molecule has 0 aliphatic rings. The molecule has 0 radical (unpaired) electrons. The Bertz CT molecular complexity index is 1490. The van der Waals surface area contributed by atoms with Crippen molar-refractivity contribution in [1.82, 2.24) is 15.0 Å². The van der Waals surface area contributed by atoms with Gasteiger partial charge in [-0.2, -0.15) is 13.2 Å². The Labute approximate surface area is 214 Å². The molecule has 0 aliphatic heterocycles. The first kappa shape index (κ1) is 26.9. The van der Waals surface area contributed by atoms with Crippen molar-refractivity contribution in [1.29, 1.82) is 0 Å². The predicted molar refractivity (Wildman–Crippen MR) is 131 cm³/mol. The minimum atomic E-state index is -4.41. The molecule has 198 valence electrons. The summed E-state index contributed by atoms with van der Waals surface area (Å²) in [7, 11) is 0. The Balaban J connectivity index is 1.38. The van der Waals surface area contributed by atoms with Crippen LogP contribution >= 0.6 is 0 Å². The Morgan fingerprint density at radius 1 is 0.947 bits per heavy atom. The highest BCUT2D eigenvalue weighted by atomic mass is 19.4. The standard InChI is InChI=1S/C27H23F4N3O4/c28-21-2-1-3-22-24(21)25(36)34(33-32-22)15-14-20(26(37)38)23(35)13-6-16-4-7-17(8-5-16)18-9-11-19(12-10-18)27(29,30)31/h1-5,7-12,20,23,35H,6,13-15H2,(H,37,38)/t20-,23+/m0/s1. The van der Waals surface area contributed by atoms with Crippen LogP contribution in [0.4, 0.5) is 17.6 Å². The Kier molecular flexibility index (Phi) is 7.86. The van der Waals surface area contributed by atoms with Crippen LogP contribution in [0.15, 0.2) is 71.5 Å². The summed E-state index contributed by atoms with van der Waals surface area (Å²) >= 11 is 0. The number of hydrogen-bond donors (Lipinski definition) is 2. The number of aromatic nitrogens is 3. The van der Waals surface area contributed by atoms with Crippen LogP contribution in [-0.4, -0.2) is 37.3 Å². The topological polar surface area (TPSA) is 105 Å². The van der Waals surface area contributed by atoms with Gasteiger partial charge in [0, 0.05) is 6.54 Å². The number of aliphatic hydroxyl groups excluding tert-OH is 1. The highest BCUT2D eigenvalue weighted by Gasteiger charge is 2.30. The molecule has 0 aliphatic carbocycles. The van der Waals surface area contributed by atoms with E-state index in [9.17, 15) is 37.4 Å². The molecule has 0 saturated carbocycles. The molecule has 0 unspecified atom stereocenters. The number of rotatable bonds is 9. The second-order valence-corrected chi connectivity index (χ2v) is 8.86. The fourth-order valence-electron chi connectivity index (χ4n) is 4.20. The molecular weight excluding hydrogens is 506 g/mol. The number of fused-ring (bicyclic) bond motifs is 1. The van der Waals surface area contributed by atoms with Gasteiger partial charge >= 0.3 is 12.1 Å². The number of benzene rings is 3. The van der Waals surface area contributed by atoms with Crippen LogP contribution in [0, 0.1) is 11.7 Å². The van der Waals surface area contributed by atoms with E-state index in [2.05, 4.69) is 10.3 Å². The molecule has 38 heavy (non-hydrogen) atoms. The van der Waals surface area contributed by atoms with Gasteiger partial charge in [0.15, 0.2) is 0 Å². The van der Waals surface area contributed by atoms with Crippen molar-refractivity contribution in [2.24, 2.45) is 5.92 Å². The summed E-state index contributed by atoms with van der Waals surface area (Å²) in [6.45, 7) is -0.175. The van der Waals surface area contributed by atoms with Gasteiger partial charge in [0.25, 0.3) is 5.56 Å². The monoisotopic (exact) mass is 529 g/mol. The van der Waals surface area contributed by atoms with E-state index in [0.717, 1.165) is 28.4 Å². The third-order valence-electron chi connectivity index (χ3n) is 6.36. The molecule has 0 spiro atoms. The number of halogens is 4. The largest absolute Gasteiger partial charge is 0.481 e. The summed E-state index contributed by atoms with van der Waals surface area (Å²) in [5.41, 5.74) is 0.748. The minimum Gasteiger partial charge on any atom is -0.481 e. The van der Waals surface area contributed by atoms with E-state index in [1.807, 2.05) is 0 Å². The molecule has 4 rings (SSSR count). The van der Waals surface area contributed by atoms with Gasteiger partial charge in [-0.3, -0.25) is 9.59 Å². The zero-order chi connectivity index (χ0) is 27.4. The fraction of sp³-hybridized carbons (Fsp3) is 0.259. The highest BCUT2D eigenvalue weighted by Crippen LogP contribution is 2.31. The molecule has 0 bridgehead atoms. The van der Waals surface area contributed by atoms with E-state index in [4.69, 9.17) is 0 Å². The third kappa shape index (κ3) is 6.05. The lowest BCUT2D eigenvalue weighted by Crippen LogP contribution is -2.32. The molecule has 1 heterocycles. The molecule has 11 heteroatoms. The van der Waals surface area contributed by atoms with E-state index in [-0.39, 0.29) is 30.3 Å². The van der Waals surface area contributed by atoms with Gasteiger partial charge in [0.05, 0.1) is 17.6 Å². The average molecular weight is 529 g/mol. The second-order valence-electron chi connectivity index (χ2n) is 8.86. The second kappa shape index (κ2) is 11.1. The van der Waals surface area contributed by atoms with Crippen molar-refractivity contribution in [3.63, 3.8) is 0 Å². The van der Waals surface area contributed by atoms with Crippen LogP contribution in [0.5, 0.6) is 0 Å². The van der Waals surface area contributed by atoms with Crippen LogP contribution in [0.2, 0.25) is 0 Å². The van der Waals surface area contributed by atoms with Crippen LogP contribution in [0.3, 0.4) is 0 Å². The maximum atomic E-state index is 14.1. The molecular formula is C27H23F4N3O4. The first-order valence-corrected chi connectivity index (χ1v) is 11.7. The zero-order valence-corrected chi connectivity index (χ0v) is 19.9. The Hall–Kier alpha value is -4.12. The lowest BCUT2D eigenvalue weighted by Gasteiger charge is -2.19. The number of carbonyl (C=O) groups is 1. The van der Waals surface area contributed by atoms with Crippen LogP contribution < -0.4 is 5.56 Å². The summed E-state index contributed by atoms with van der Waals surface area (Å²) in [6.07, 6.45) is -5.31. The molecule has 2 N–H and O–H groups in total. The molecule has 0 saturated heterocycles. The van der Waals surface area contributed by atoms with Crippen LogP contribution in [-0.2, 0) is 23.9 Å². The number of alkyl halides is 3. The van der Waals surface area contributed by atoms with Crippen molar-refractivity contribution >= 4 is 16.9 Å².